The van der Waals surface area contributed by atoms with Crippen LogP contribution in [0.15, 0.2) is 108 Å². The molecule has 1 N–H and O–H groups in total. The lowest BCUT2D eigenvalue weighted by Crippen LogP contribution is -2.30. The lowest BCUT2D eigenvalue weighted by atomic mass is 9.99. The molecule has 0 aliphatic heterocycles. The van der Waals surface area contributed by atoms with Crippen LogP contribution < -0.4 is 4.72 Å². The molecule has 0 atom stereocenters. The van der Waals surface area contributed by atoms with Gasteiger partial charge in [0.05, 0.1) is 17.7 Å². The number of methoxy groups -OCH3 is 1. The number of rotatable bonds is 13. The number of ketones is 1. The molecule has 0 aliphatic carbocycles. The summed E-state index contributed by atoms with van der Waals surface area (Å²) in [6, 6.07) is 29.7. The van der Waals surface area contributed by atoms with Crippen molar-refractivity contribution >= 4 is 27.9 Å². The van der Waals surface area contributed by atoms with E-state index in [1.807, 2.05) is 41.3 Å². The standard InChI is InChI=1S/C38H37N3O7S/c1-4-13-34-39-32(5-2)35(37(43)48-25-29-16-9-10-18-31(29)36(42)28-14-7-6-8-15-28)41(34)24-26-20-22-27(23-21-26)30-17-11-12-19-33(30)49(45,46)40-38(44)47-3/h6-12,14-23H,4-5,13,24-25H2,1-3H3,(H,40,44). The largest absolute Gasteiger partial charge is 0.456 e. The first-order chi connectivity index (χ1) is 23.7. The summed E-state index contributed by atoms with van der Waals surface area (Å²) in [5, 5.41) is 0. The van der Waals surface area contributed by atoms with Gasteiger partial charge in [-0.2, -0.15) is 0 Å². The van der Waals surface area contributed by atoms with Gasteiger partial charge in [-0.15, -0.1) is 0 Å². The van der Waals surface area contributed by atoms with Crippen LogP contribution in [0.4, 0.5) is 4.79 Å². The van der Waals surface area contributed by atoms with E-state index in [0.717, 1.165) is 24.9 Å². The molecule has 0 saturated carbocycles. The van der Waals surface area contributed by atoms with Crippen molar-refractivity contribution in [2.75, 3.05) is 7.11 Å². The van der Waals surface area contributed by atoms with Gasteiger partial charge in [0.25, 0.3) is 10.0 Å². The van der Waals surface area contributed by atoms with Gasteiger partial charge in [0, 0.05) is 35.2 Å². The van der Waals surface area contributed by atoms with E-state index >= 15 is 0 Å². The molecule has 0 fully saturated rings. The maximum atomic E-state index is 13.8. The Labute approximate surface area is 285 Å². The van der Waals surface area contributed by atoms with Crippen molar-refractivity contribution in [3.8, 4) is 11.1 Å². The van der Waals surface area contributed by atoms with E-state index in [-0.39, 0.29) is 17.3 Å². The Bertz CT molecular complexity index is 2070. The van der Waals surface area contributed by atoms with Crippen LogP contribution in [0.1, 0.15) is 69.3 Å². The Morgan fingerprint density at radius 2 is 1.51 bits per heavy atom. The minimum absolute atomic E-state index is 0.0716. The van der Waals surface area contributed by atoms with E-state index in [9.17, 15) is 22.8 Å². The van der Waals surface area contributed by atoms with Gasteiger partial charge in [-0.05, 0) is 30.0 Å². The zero-order valence-corrected chi connectivity index (χ0v) is 28.3. The van der Waals surface area contributed by atoms with E-state index in [1.54, 1.807) is 78.9 Å². The summed E-state index contributed by atoms with van der Waals surface area (Å²) in [5.74, 6) is 0.0584. The molecule has 49 heavy (non-hydrogen) atoms. The zero-order valence-electron chi connectivity index (χ0n) is 27.5. The summed E-state index contributed by atoms with van der Waals surface area (Å²) in [6.45, 7) is 4.20. The number of sulfonamides is 1. The topological polar surface area (TPSA) is 134 Å². The van der Waals surface area contributed by atoms with Crippen LogP contribution in [0.2, 0.25) is 0 Å². The third kappa shape index (κ3) is 7.95. The van der Waals surface area contributed by atoms with E-state index < -0.39 is 22.1 Å². The number of carbonyl (C=O) groups is 3. The molecule has 5 aromatic rings. The maximum absolute atomic E-state index is 13.8. The number of aryl methyl sites for hydroxylation is 2. The first-order valence-electron chi connectivity index (χ1n) is 15.9. The highest BCUT2D eigenvalue weighted by Crippen LogP contribution is 2.28. The molecule has 0 saturated heterocycles. The molecule has 0 radical (unpaired) electrons. The van der Waals surface area contributed by atoms with Crippen LogP contribution in [0, 0.1) is 0 Å². The minimum atomic E-state index is -4.19. The van der Waals surface area contributed by atoms with E-state index in [0.29, 0.717) is 58.6 Å². The highest BCUT2D eigenvalue weighted by Gasteiger charge is 2.25. The second-order valence-corrected chi connectivity index (χ2v) is 12.9. The van der Waals surface area contributed by atoms with E-state index in [2.05, 4.69) is 4.74 Å². The van der Waals surface area contributed by atoms with Crippen LogP contribution in [0.25, 0.3) is 11.1 Å². The molecule has 0 bridgehead atoms. The number of esters is 1. The number of aromatic nitrogens is 2. The predicted octanol–water partition coefficient (Wildman–Crippen LogP) is 6.75. The van der Waals surface area contributed by atoms with E-state index in [4.69, 9.17) is 9.72 Å². The van der Waals surface area contributed by atoms with Crippen LogP contribution in [0.5, 0.6) is 0 Å². The van der Waals surface area contributed by atoms with Crippen molar-refractivity contribution in [1.29, 1.82) is 0 Å². The fourth-order valence-corrected chi connectivity index (χ4v) is 6.70. The van der Waals surface area contributed by atoms with Gasteiger partial charge in [-0.25, -0.2) is 27.7 Å². The highest BCUT2D eigenvalue weighted by molar-refractivity contribution is 7.90. The second kappa shape index (κ2) is 15.6. The number of carbonyl (C=O) groups excluding carboxylic acids is 3. The number of benzene rings is 4. The van der Waals surface area contributed by atoms with Crippen molar-refractivity contribution in [2.24, 2.45) is 0 Å². The van der Waals surface area contributed by atoms with Gasteiger partial charge in [0.15, 0.2) is 11.5 Å². The SMILES string of the molecule is CCCc1nc(CC)c(C(=O)OCc2ccccc2C(=O)c2ccccc2)n1Cc1ccc(-c2ccccc2S(=O)(=O)NC(=O)OC)cc1. The number of amides is 1. The van der Waals surface area contributed by atoms with Crippen molar-refractivity contribution in [2.45, 2.75) is 51.2 Å². The van der Waals surface area contributed by atoms with Crippen LogP contribution in [0.3, 0.4) is 0 Å². The van der Waals surface area contributed by atoms with Gasteiger partial charge < -0.3 is 14.0 Å². The Kier molecular flexibility index (Phi) is 11.0. The fraction of sp³-hybridized carbons (Fsp3) is 0.211. The molecular formula is C38H37N3O7S. The summed E-state index contributed by atoms with van der Waals surface area (Å²) in [4.78, 5) is 43.4. The first-order valence-corrected chi connectivity index (χ1v) is 17.4. The zero-order chi connectivity index (χ0) is 35.0. The van der Waals surface area contributed by atoms with Crippen LogP contribution in [-0.4, -0.2) is 42.9 Å². The lowest BCUT2D eigenvalue weighted by molar-refractivity contribution is 0.0456. The Hall–Kier alpha value is -5.55. The monoisotopic (exact) mass is 679 g/mol. The number of nitrogens with zero attached hydrogens (tertiary/aromatic N) is 2. The number of nitrogens with one attached hydrogen (secondary N) is 1. The smallest absolute Gasteiger partial charge is 0.420 e. The molecule has 1 aromatic heterocycles. The molecule has 0 aliphatic rings. The summed E-state index contributed by atoms with van der Waals surface area (Å²) >= 11 is 0. The number of ether oxygens (including phenoxy) is 2. The molecule has 1 heterocycles. The average Bonchev–Trinajstić information content (AvgIpc) is 3.47. The molecule has 10 nitrogen and oxygen atoms in total. The van der Waals surface area contributed by atoms with Crippen molar-refractivity contribution in [3.63, 3.8) is 0 Å². The third-order valence-electron chi connectivity index (χ3n) is 7.96. The Morgan fingerprint density at radius 1 is 0.837 bits per heavy atom. The van der Waals surface area contributed by atoms with Gasteiger partial charge in [0.1, 0.15) is 12.4 Å². The average molecular weight is 680 g/mol. The van der Waals surface area contributed by atoms with Crippen LogP contribution in [-0.2, 0) is 45.5 Å². The molecule has 5 rings (SSSR count). The third-order valence-corrected chi connectivity index (χ3v) is 9.33. The van der Waals surface area contributed by atoms with Gasteiger partial charge in [-0.3, -0.25) is 4.79 Å². The normalized spacial score (nSPS) is 11.2. The first kappa shape index (κ1) is 34.8. The lowest BCUT2D eigenvalue weighted by Gasteiger charge is -2.15. The van der Waals surface area contributed by atoms with E-state index in [1.165, 1.54) is 6.07 Å². The minimum Gasteiger partial charge on any atom is -0.456 e. The Morgan fingerprint density at radius 3 is 2.20 bits per heavy atom. The summed E-state index contributed by atoms with van der Waals surface area (Å²) in [6.07, 6.45) is 0.888. The molecule has 11 heteroatoms. The molecule has 0 unspecified atom stereocenters. The highest BCUT2D eigenvalue weighted by atomic mass is 32.2. The molecule has 0 spiro atoms. The maximum Gasteiger partial charge on any atom is 0.420 e. The predicted molar refractivity (Wildman–Crippen MR) is 185 cm³/mol. The van der Waals surface area contributed by atoms with Crippen molar-refractivity contribution in [3.05, 3.63) is 143 Å². The van der Waals surface area contributed by atoms with Crippen molar-refractivity contribution in [1.82, 2.24) is 14.3 Å². The molecule has 252 valence electrons. The second-order valence-electron chi connectivity index (χ2n) is 11.2. The van der Waals surface area contributed by atoms with Gasteiger partial charge >= 0.3 is 12.1 Å². The van der Waals surface area contributed by atoms with Gasteiger partial charge in [0.2, 0.25) is 0 Å². The van der Waals surface area contributed by atoms with Gasteiger partial charge in [-0.1, -0.05) is 111 Å². The molecule has 4 aromatic carbocycles. The summed E-state index contributed by atoms with van der Waals surface area (Å²) < 4.78 is 39.9. The number of hydrogen-bond donors (Lipinski definition) is 1. The van der Waals surface area contributed by atoms with Crippen molar-refractivity contribution < 1.29 is 32.3 Å². The molecule has 1 amide bonds. The quantitative estimate of drug-likeness (QED) is 0.107. The fourth-order valence-electron chi connectivity index (χ4n) is 5.56. The van der Waals surface area contributed by atoms with Crippen LogP contribution >= 0.6 is 0 Å². The Balaban J connectivity index is 1.41. The summed E-state index contributed by atoms with van der Waals surface area (Å²) in [5.41, 5.74) is 4.46. The summed E-state index contributed by atoms with van der Waals surface area (Å²) in [7, 11) is -3.10. The number of hydrogen-bond acceptors (Lipinski definition) is 8. The number of imidazole rings is 1. The molecular weight excluding hydrogens is 642 g/mol.